The molecule has 0 aromatic heterocycles. The molecular weight excluding hydrogens is 318 g/mol. The average Bonchev–Trinajstić information content (AvgIpc) is 2.65. The zero-order valence-electron chi connectivity index (χ0n) is 14.6. The van der Waals surface area contributed by atoms with Crippen LogP contribution in [0.1, 0.15) is 24.2 Å². The van der Waals surface area contributed by atoms with Crippen LogP contribution in [-0.4, -0.2) is 42.2 Å². The standard InChI is InChI=1S/C19H23N3O3/c1-3-22(4-2)13-14-25-19(24)15-5-7-16(8-6-15)20-21-17-9-11-18(23)12-10-17/h5-12,23H,3-4,13-14H2,1-2H3. The summed E-state index contributed by atoms with van der Waals surface area (Å²) in [7, 11) is 0. The molecule has 0 saturated heterocycles. The summed E-state index contributed by atoms with van der Waals surface area (Å²) in [5, 5.41) is 17.4. The number of ether oxygens (including phenoxy) is 1. The lowest BCUT2D eigenvalue weighted by molar-refractivity contribution is 0.0466. The number of hydrogen-bond acceptors (Lipinski definition) is 6. The lowest BCUT2D eigenvalue weighted by atomic mass is 10.2. The molecule has 25 heavy (non-hydrogen) atoms. The Morgan fingerprint density at radius 1 is 0.960 bits per heavy atom. The van der Waals surface area contributed by atoms with Gasteiger partial charge in [-0.3, -0.25) is 0 Å². The maximum absolute atomic E-state index is 12.0. The largest absolute Gasteiger partial charge is 0.508 e. The van der Waals surface area contributed by atoms with Gasteiger partial charge in [-0.15, -0.1) is 0 Å². The van der Waals surface area contributed by atoms with E-state index in [0.29, 0.717) is 23.5 Å². The van der Waals surface area contributed by atoms with E-state index in [2.05, 4.69) is 29.0 Å². The first kappa shape index (κ1) is 18.6. The van der Waals surface area contributed by atoms with Crippen LogP contribution in [0.4, 0.5) is 11.4 Å². The van der Waals surface area contributed by atoms with Gasteiger partial charge in [0, 0.05) is 6.54 Å². The summed E-state index contributed by atoms with van der Waals surface area (Å²) in [5.74, 6) is -0.156. The molecule has 0 saturated carbocycles. The summed E-state index contributed by atoms with van der Waals surface area (Å²) in [6, 6.07) is 13.2. The third-order valence-corrected chi connectivity index (χ3v) is 3.77. The molecule has 0 aliphatic carbocycles. The number of esters is 1. The van der Waals surface area contributed by atoms with E-state index >= 15 is 0 Å². The molecule has 0 atom stereocenters. The van der Waals surface area contributed by atoms with E-state index in [1.54, 1.807) is 48.5 Å². The third kappa shape index (κ3) is 6.00. The maximum Gasteiger partial charge on any atom is 0.338 e. The van der Waals surface area contributed by atoms with E-state index in [1.165, 1.54) is 0 Å². The number of likely N-dealkylation sites (N-methyl/N-ethyl adjacent to an activating group) is 1. The van der Waals surface area contributed by atoms with Crippen LogP contribution in [0.25, 0.3) is 0 Å². The highest BCUT2D eigenvalue weighted by Gasteiger charge is 2.08. The van der Waals surface area contributed by atoms with Gasteiger partial charge < -0.3 is 14.7 Å². The van der Waals surface area contributed by atoms with Gasteiger partial charge >= 0.3 is 5.97 Å². The second-order valence-electron chi connectivity index (χ2n) is 5.43. The van der Waals surface area contributed by atoms with E-state index in [9.17, 15) is 9.90 Å². The quantitative estimate of drug-likeness (QED) is 0.573. The first-order valence-electron chi connectivity index (χ1n) is 8.32. The fourth-order valence-electron chi connectivity index (χ4n) is 2.19. The van der Waals surface area contributed by atoms with Gasteiger partial charge in [0.25, 0.3) is 0 Å². The molecule has 0 spiro atoms. The summed E-state index contributed by atoms with van der Waals surface area (Å²) < 4.78 is 5.28. The number of hydrogen-bond donors (Lipinski definition) is 1. The molecule has 0 radical (unpaired) electrons. The number of aromatic hydroxyl groups is 1. The van der Waals surface area contributed by atoms with Crippen molar-refractivity contribution in [1.82, 2.24) is 4.90 Å². The van der Waals surface area contributed by atoms with Gasteiger partial charge in [-0.1, -0.05) is 13.8 Å². The van der Waals surface area contributed by atoms with Crippen molar-refractivity contribution in [2.75, 3.05) is 26.2 Å². The molecule has 0 aliphatic rings. The van der Waals surface area contributed by atoms with Gasteiger partial charge in [0.1, 0.15) is 12.4 Å². The molecule has 0 heterocycles. The van der Waals surface area contributed by atoms with Crippen molar-refractivity contribution in [2.45, 2.75) is 13.8 Å². The number of benzene rings is 2. The molecule has 132 valence electrons. The fourth-order valence-corrected chi connectivity index (χ4v) is 2.19. The number of azo groups is 1. The Bertz CT molecular complexity index is 693. The summed E-state index contributed by atoms with van der Waals surface area (Å²) in [4.78, 5) is 14.2. The van der Waals surface area contributed by atoms with E-state index in [4.69, 9.17) is 4.74 Å². The van der Waals surface area contributed by atoms with Crippen molar-refractivity contribution in [2.24, 2.45) is 10.2 Å². The third-order valence-electron chi connectivity index (χ3n) is 3.77. The second kappa shape index (κ2) is 9.54. The predicted octanol–water partition coefficient (Wildman–Crippen LogP) is 4.31. The number of phenols is 1. The lowest BCUT2D eigenvalue weighted by Gasteiger charge is -2.17. The Morgan fingerprint density at radius 3 is 2.00 bits per heavy atom. The second-order valence-corrected chi connectivity index (χ2v) is 5.43. The van der Waals surface area contributed by atoms with Crippen LogP contribution >= 0.6 is 0 Å². The minimum Gasteiger partial charge on any atom is -0.508 e. The summed E-state index contributed by atoms with van der Waals surface area (Å²) in [6.07, 6.45) is 0. The molecule has 2 aromatic rings. The SMILES string of the molecule is CCN(CC)CCOC(=O)c1ccc(N=Nc2ccc(O)cc2)cc1. The molecule has 6 heteroatoms. The van der Waals surface area contributed by atoms with Gasteiger partial charge in [-0.25, -0.2) is 4.79 Å². The van der Waals surface area contributed by atoms with Crippen LogP contribution in [0.15, 0.2) is 58.8 Å². The van der Waals surface area contributed by atoms with Crippen LogP contribution in [0.5, 0.6) is 5.75 Å². The Kier molecular flexibility index (Phi) is 7.10. The number of rotatable bonds is 8. The number of carbonyl (C=O) groups excluding carboxylic acids is 1. The van der Waals surface area contributed by atoms with Crippen molar-refractivity contribution < 1.29 is 14.6 Å². The van der Waals surface area contributed by atoms with E-state index in [-0.39, 0.29) is 11.7 Å². The summed E-state index contributed by atoms with van der Waals surface area (Å²) in [6.45, 7) is 7.15. The van der Waals surface area contributed by atoms with Crippen molar-refractivity contribution in [3.63, 3.8) is 0 Å². The van der Waals surface area contributed by atoms with Gasteiger partial charge in [-0.2, -0.15) is 10.2 Å². The van der Waals surface area contributed by atoms with E-state index in [1.807, 2.05) is 0 Å². The Hall–Kier alpha value is -2.73. The van der Waals surface area contributed by atoms with Crippen LogP contribution in [0.3, 0.4) is 0 Å². The first-order valence-corrected chi connectivity index (χ1v) is 8.32. The minimum absolute atomic E-state index is 0.183. The highest BCUT2D eigenvalue weighted by Crippen LogP contribution is 2.21. The van der Waals surface area contributed by atoms with Crippen molar-refractivity contribution in [1.29, 1.82) is 0 Å². The number of phenolic OH excluding ortho intramolecular Hbond substituents is 1. The average molecular weight is 341 g/mol. The topological polar surface area (TPSA) is 74.5 Å². The molecule has 2 rings (SSSR count). The molecule has 0 aliphatic heterocycles. The summed E-state index contributed by atoms with van der Waals surface area (Å²) in [5.41, 5.74) is 1.76. The van der Waals surface area contributed by atoms with Gasteiger partial charge in [0.15, 0.2) is 0 Å². The van der Waals surface area contributed by atoms with Crippen molar-refractivity contribution in [3.05, 3.63) is 54.1 Å². The van der Waals surface area contributed by atoms with E-state index in [0.717, 1.165) is 19.6 Å². The van der Waals surface area contributed by atoms with Gasteiger partial charge in [0.05, 0.1) is 16.9 Å². The molecule has 0 amide bonds. The smallest absolute Gasteiger partial charge is 0.338 e. The molecule has 6 nitrogen and oxygen atoms in total. The zero-order valence-corrected chi connectivity index (χ0v) is 14.6. The van der Waals surface area contributed by atoms with Gasteiger partial charge in [-0.05, 0) is 61.6 Å². The highest BCUT2D eigenvalue weighted by molar-refractivity contribution is 5.89. The molecule has 1 N–H and O–H groups in total. The fraction of sp³-hybridized carbons (Fsp3) is 0.316. The highest BCUT2D eigenvalue weighted by atomic mass is 16.5. The molecule has 2 aromatic carbocycles. The van der Waals surface area contributed by atoms with Crippen LogP contribution in [0, 0.1) is 0 Å². The molecule has 0 fully saturated rings. The number of nitrogens with zero attached hydrogens (tertiary/aromatic N) is 3. The maximum atomic E-state index is 12.0. The zero-order chi connectivity index (χ0) is 18.1. The molecule has 0 bridgehead atoms. The van der Waals surface area contributed by atoms with Crippen LogP contribution in [-0.2, 0) is 4.74 Å². The van der Waals surface area contributed by atoms with Crippen molar-refractivity contribution in [3.8, 4) is 5.75 Å². The predicted molar refractivity (Wildman–Crippen MR) is 96.8 cm³/mol. The monoisotopic (exact) mass is 341 g/mol. The van der Waals surface area contributed by atoms with Crippen molar-refractivity contribution >= 4 is 17.3 Å². The van der Waals surface area contributed by atoms with Crippen LogP contribution in [0.2, 0.25) is 0 Å². The molecule has 0 unspecified atom stereocenters. The molecular formula is C19H23N3O3. The lowest BCUT2D eigenvalue weighted by Crippen LogP contribution is -2.27. The number of carbonyl (C=O) groups is 1. The summed E-state index contributed by atoms with van der Waals surface area (Å²) >= 11 is 0. The van der Waals surface area contributed by atoms with Gasteiger partial charge in [0.2, 0.25) is 0 Å². The van der Waals surface area contributed by atoms with Crippen LogP contribution < -0.4 is 0 Å². The minimum atomic E-state index is -0.339. The van der Waals surface area contributed by atoms with E-state index < -0.39 is 0 Å². The normalized spacial score (nSPS) is 11.2. The Balaban J connectivity index is 1.88. The Morgan fingerprint density at radius 2 is 1.48 bits per heavy atom. The Labute approximate surface area is 147 Å². The first-order chi connectivity index (χ1) is 12.1.